The van der Waals surface area contributed by atoms with E-state index < -0.39 is 5.82 Å². The maximum atomic E-state index is 13.5. The number of halogens is 1. The molecule has 1 aliphatic carbocycles. The summed E-state index contributed by atoms with van der Waals surface area (Å²) < 4.78 is 13.5. The van der Waals surface area contributed by atoms with Crippen LogP contribution >= 0.6 is 0 Å². The maximum absolute atomic E-state index is 13.5. The van der Waals surface area contributed by atoms with Crippen molar-refractivity contribution in [3.63, 3.8) is 0 Å². The van der Waals surface area contributed by atoms with Crippen LogP contribution in [-0.4, -0.2) is 12.3 Å². The Balaban J connectivity index is 2.22. The molecular formula is C13H16FNO. The summed E-state index contributed by atoms with van der Waals surface area (Å²) in [6.45, 7) is 0.519. The van der Waals surface area contributed by atoms with Crippen molar-refractivity contribution in [3.8, 4) is 0 Å². The van der Waals surface area contributed by atoms with Crippen LogP contribution in [0.1, 0.15) is 29.6 Å². The van der Waals surface area contributed by atoms with Crippen LogP contribution in [0.25, 0.3) is 0 Å². The second-order valence-corrected chi connectivity index (χ2v) is 4.38. The normalized spacial score (nSPS) is 24.6. The Morgan fingerprint density at radius 3 is 2.81 bits per heavy atom. The number of ketones is 1. The highest BCUT2D eigenvalue weighted by atomic mass is 19.1. The Morgan fingerprint density at radius 2 is 2.12 bits per heavy atom. The van der Waals surface area contributed by atoms with E-state index in [1.54, 1.807) is 18.2 Å². The molecule has 0 radical (unpaired) electrons. The molecule has 2 N–H and O–H groups in total. The lowest BCUT2D eigenvalue weighted by Crippen LogP contribution is -2.25. The second-order valence-electron chi connectivity index (χ2n) is 4.38. The van der Waals surface area contributed by atoms with Crippen molar-refractivity contribution < 1.29 is 9.18 Å². The molecule has 2 rings (SSSR count). The Bertz CT molecular complexity index is 391. The van der Waals surface area contributed by atoms with Crippen LogP contribution in [0.4, 0.5) is 4.39 Å². The number of carbonyl (C=O) groups excluding carboxylic acids is 1. The number of benzene rings is 1. The monoisotopic (exact) mass is 221 g/mol. The second kappa shape index (κ2) is 4.74. The van der Waals surface area contributed by atoms with E-state index in [-0.39, 0.29) is 23.2 Å². The lowest BCUT2D eigenvalue weighted by atomic mass is 9.88. The number of rotatable bonds is 3. The van der Waals surface area contributed by atoms with Crippen LogP contribution in [-0.2, 0) is 0 Å². The van der Waals surface area contributed by atoms with Crippen molar-refractivity contribution in [3.05, 3.63) is 35.6 Å². The average Bonchev–Trinajstić information content (AvgIpc) is 2.77. The van der Waals surface area contributed by atoms with Crippen molar-refractivity contribution in [1.82, 2.24) is 0 Å². The van der Waals surface area contributed by atoms with E-state index in [0.717, 1.165) is 19.3 Å². The molecule has 1 fully saturated rings. The highest BCUT2D eigenvalue weighted by molar-refractivity contribution is 5.98. The van der Waals surface area contributed by atoms with Gasteiger partial charge in [-0.25, -0.2) is 4.39 Å². The fraction of sp³-hybridized carbons (Fsp3) is 0.462. The minimum Gasteiger partial charge on any atom is -0.330 e. The molecule has 1 saturated carbocycles. The first kappa shape index (κ1) is 11.3. The summed E-state index contributed by atoms with van der Waals surface area (Å²) in [4.78, 5) is 12.1. The predicted molar refractivity (Wildman–Crippen MR) is 60.6 cm³/mol. The molecule has 86 valence electrons. The molecule has 2 unspecified atom stereocenters. The van der Waals surface area contributed by atoms with E-state index in [0.29, 0.717) is 6.54 Å². The number of carbonyl (C=O) groups is 1. The third-order valence-corrected chi connectivity index (χ3v) is 3.44. The Labute approximate surface area is 94.6 Å². The van der Waals surface area contributed by atoms with Crippen molar-refractivity contribution in [2.24, 2.45) is 17.6 Å². The van der Waals surface area contributed by atoms with Gasteiger partial charge in [0.1, 0.15) is 5.82 Å². The van der Waals surface area contributed by atoms with Crippen LogP contribution in [0, 0.1) is 17.7 Å². The topological polar surface area (TPSA) is 43.1 Å². The molecule has 0 heterocycles. The van der Waals surface area contributed by atoms with Crippen molar-refractivity contribution in [2.45, 2.75) is 19.3 Å². The summed E-state index contributed by atoms with van der Waals surface area (Å²) in [5, 5.41) is 0. The third kappa shape index (κ3) is 2.00. The SMILES string of the molecule is NCC1CCCC1C(=O)c1ccccc1F. The van der Waals surface area contributed by atoms with Crippen LogP contribution < -0.4 is 5.73 Å². The molecule has 1 aliphatic rings. The van der Waals surface area contributed by atoms with Gasteiger partial charge in [0.2, 0.25) is 0 Å². The molecule has 0 amide bonds. The summed E-state index contributed by atoms with van der Waals surface area (Å²) in [6, 6.07) is 6.19. The van der Waals surface area contributed by atoms with E-state index in [9.17, 15) is 9.18 Å². The van der Waals surface area contributed by atoms with Gasteiger partial charge in [0.15, 0.2) is 5.78 Å². The Morgan fingerprint density at radius 1 is 1.38 bits per heavy atom. The molecule has 0 bridgehead atoms. The summed E-state index contributed by atoms with van der Waals surface area (Å²) in [7, 11) is 0. The Kier molecular flexibility index (Phi) is 3.34. The maximum Gasteiger partial charge on any atom is 0.169 e. The molecule has 1 aromatic carbocycles. The van der Waals surface area contributed by atoms with Crippen molar-refractivity contribution in [2.75, 3.05) is 6.54 Å². The van der Waals surface area contributed by atoms with Crippen LogP contribution in [0.5, 0.6) is 0 Å². The fourth-order valence-electron chi connectivity index (χ4n) is 2.52. The zero-order chi connectivity index (χ0) is 11.5. The van der Waals surface area contributed by atoms with Gasteiger partial charge in [-0.15, -0.1) is 0 Å². The minimum atomic E-state index is -0.421. The fourth-order valence-corrected chi connectivity index (χ4v) is 2.52. The van der Waals surface area contributed by atoms with Gasteiger partial charge in [-0.3, -0.25) is 4.79 Å². The molecule has 3 heteroatoms. The first-order valence-corrected chi connectivity index (χ1v) is 5.73. The summed E-state index contributed by atoms with van der Waals surface area (Å²) in [6.07, 6.45) is 2.85. The standard InChI is InChI=1S/C13H16FNO/c14-12-7-2-1-5-11(12)13(16)10-6-3-4-9(10)8-15/h1-2,5,7,9-10H,3-4,6,8,15H2. The Hall–Kier alpha value is -1.22. The highest BCUT2D eigenvalue weighted by Crippen LogP contribution is 2.33. The van der Waals surface area contributed by atoms with Gasteiger partial charge in [-0.2, -0.15) is 0 Å². The zero-order valence-corrected chi connectivity index (χ0v) is 9.16. The number of Topliss-reactive ketones (excluding diaryl/α,β-unsaturated/α-hetero) is 1. The van der Waals surface area contributed by atoms with E-state index in [2.05, 4.69) is 0 Å². The van der Waals surface area contributed by atoms with Gasteiger partial charge in [-0.05, 0) is 37.4 Å². The first-order valence-electron chi connectivity index (χ1n) is 5.73. The average molecular weight is 221 g/mol. The van der Waals surface area contributed by atoms with Crippen LogP contribution in [0.3, 0.4) is 0 Å². The molecule has 1 aromatic rings. The van der Waals surface area contributed by atoms with Gasteiger partial charge in [0.05, 0.1) is 5.56 Å². The number of hydrogen-bond acceptors (Lipinski definition) is 2. The molecule has 2 atom stereocenters. The van der Waals surface area contributed by atoms with Crippen molar-refractivity contribution >= 4 is 5.78 Å². The molecule has 0 spiro atoms. The summed E-state index contributed by atoms with van der Waals surface area (Å²) >= 11 is 0. The first-order chi connectivity index (χ1) is 7.74. The van der Waals surface area contributed by atoms with E-state index >= 15 is 0 Å². The molecule has 2 nitrogen and oxygen atoms in total. The summed E-state index contributed by atoms with van der Waals surface area (Å²) in [5.74, 6) is -0.352. The minimum absolute atomic E-state index is 0.0777. The van der Waals surface area contributed by atoms with Gasteiger partial charge in [0.25, 0.3) is 0 Å². The number of nitrogens with two attached hydrogens (primary N) is 1. The van der Waals surface area contributed by atoms with E-state index in [1.807, 2.05) is 0 Å². The molecule has 0 saturated heterocycles. The quantitative estimate of drug-likeness (QED) is 0.796. The van der Waals surface area contributed by atoms with Crippen LogP contribution in [0.15, 0.2) is 24.3 Å². The van der Waals surface area contributed by atoms with Crippen LogP contribution in [0.2, 0.25) is 0 Å². The van der Waals surface area contributed by atoms with Crippen molar-refractivity contribution in [1.29, 1.82) is 0 Å². The molecule has 0 aliphatic heterocycles. The smallest absolute Gasteiger partial charge is 0.169 e. The highest BCUT2D eigenvalue weighted by Gasteiger charge is 2.33. The van der Waals surface area contributed by atoms with Gasteiger partial charge >= 0.3 is 0 Å². The predicted octanol–water partition coefficient (Wildman–Crippen LogP) is 2.38. The molecular weight excluding hydrogens is 205 g/mol. The number of hydrogen-bond donors (Lipinski definition) is 1. The molecule has 0 aromatic heterocycles. The largest absolute Gasteiger partial charge is 0.330 e. The van der Waals surface area contributed by atoms with Gasteiger partial charge in [0, 0.05) is 5.92 Å². The lowest BCUT2D eigenvalue weighted by molar-refractivity contribution is 0.0889. The van der Waals surface area contributed by atoms with Gasteiger partial charge in [-0.1, -0.05) is 18.6 Å². The van der Waals surface area contributed by atoms with E-state index in [4.69, 9.17) is 5.73 Å². The summed E-state index contributed by atoms with van der Waals surface area (Å²) in [5.41, 5.74) is 5.85. The zero-order valence-electron chi connectivity index (χ0n) is 9.16. The lowest BCUT2D eigenvalue weighted by Gasteiger charge is -2.16. The van der Waals surface area contributed by atoms with Gasteiger partial charge < -0.3 is 5.73 Å². The molecule has 16 heavy (non-hydrogen) atoms. The third-order valence-electron chi connectivity index (χ3n) is 3.44. The van der Waals surface area contributed by atoms with E-state index in [1.165, 1.54) is 6.07 Å².